The first-order valence-corrected chi connectivity index (χ1v) is 5.11. The SMILES string of the molecule is COc1ccc(F)cc1C(O)c1cncn1C. The molecule has 0 aliphatic heterocycles. The van der Waals surface area contributed by atoms with Gasteiger partial charge < -0.3 is 14.4 Å². The number of nitrogens with zero attached hydrogens (tertiary/aromatic N) is 2. The second-order valence-electron chi connectivity index (χ2n) is 3.72. The molecule has 0 aliphatic rings. The van der Waals surface area contributed by atoms with Crippen molar-refractivity contribution in [2.24, 2.45) is 7.05 Å². The third-order valence-electron chi connectivity index (χ3n) is 2.62. The van der Waals surface area contributed by atoms with Crippen molar-refractivity contribution >= 4 is 0 Å². The van der Waals surface area contributed by atoms with Gasteiger partial charge in [0.25, 0.3) is 0 Å². The molecule has 5 heteroatoms. The van der Waals surface area contributed by atoms with Crippen LogP contribution in [0.15, 0.2) is 30.7 Å². The van der Waals surface area contributed by atoms with Crippen LogP contribution in [0.2, 0.25) is 0 Å². The highest BCUT2D eigenvalue weighted by Gasteiger charge is 2.18. The average molecular weight is 236 g/mol. The summed E-state index contributed by atoms with van der Waals surface area (Å²) in [6, 6.07) is 4.04. The fourth-order valence-electron chi connectivity index (χ4n) is 1.71. The summed E-state index contributed by atoms with van der Waals surface area (Å²) in [4.78, 5) is 3.91. The summed E-state index contributed by atoms with van der Waals surface area (Å²) < 4.78 is 20.0. The second-order valence-corrected chi connectivity index (χ2v) is 3.72. The number of hydrogen-bond donors (Lipinski definition) is 1. The van der Waals surface area contributed by atoms with Gasteiger partial charge in [-0.25, -0.2) is 9.37 Å². The van der Waals surface area contributed by atoms with Crippen molar-refractivity contribution in [3.05, 3.63) is 47.8 Å². The average Bonchev–Trinajstić information content (AvgIpc) is 2.74. The summed E-state index contributed by atoms with van der Waals surface area (Å²) in [6.45, 7) is 0. The highest BCUT2D eigenvalue weighted by molar-refractivity contribution is 5.39. The standard InChI is InChI=1S/C12H13FN2O2/c1-15-7-14-6-10(15)12(16)9-5-8(13)3-4-11(9)17-2/h3-7,12,16H,1-2H3. The van der Waals surface area contributed by atoms with E-state index in [1.54, 1.807) is 17.9 Å². The Balaban J connectivity index is 2.46. The van der Waals surface area contributed by atoms with Gasteiger partial charge in [0.1, 0.15) is 17.7 Å². The van der Waals surface area contributed by atoms with Gasteiger partial charge in [0, 0.05) is 12.6 Å². The van der Waals surface area contributed by atoms with Crippen LogP contribution < -0.4 is 4.74 Å². The molecule has 0 bridgehead atoms. The van der Waals surface area contributed by atoms with Crippen LogP contribution in [0.1, 0.15) is 17.4 Å². The van der Waals surface area contributed by atoms with Gasteiger partial charge in [-0.05, 0) is 18.2 Å². The minimum absolute atomic E-state index is 0.385. The van der Waals surface area contributed by atoms with E-state index in [-0.39, 0.29) is 0 Å². The molecule has 90 valence electrons. The molecule has 1 aromatic heterocycles. The number of ether oxygens (including phenoxy) is 1. The number of imidazole rings is 1. The van der Waals surface area contributed by atoms with Gasteiger partial charge in [0.15, 0.2) is 0 Å². The zero-order valence-corrected chi connectivity index (χ0v) is 9.59. The smallest absolute Gasteiger partial charge is 0.125 e. The highest BCUT2D eigenvalue weighted by atomic mass is 19.1. The van der Waals surface area contributed by atoms with Crippen LogP contribution in [-0.4, -0.2) is 21.8 Å². The molecule has 1 aromatic carbocycles. The zero-order valence-electron chi connectivity index (χ0n) is 9.59. The Morgan fingerprint density at radius 1 is 1.47 bits per heavy atom. The van der Waals surface area contributed by atoms with Crippen LogP contribution in [0, 0.1) is 5.82 Å². The number of benzene rings is 1. The molecule has 1 heterocycles. The Kier molecular flexibility index (Phi) is 3.10. The number of aliphatic hydroxyl groups excluding tert-OH is 1. The number of hydrogen-bond acceptors (Lipinski definition) is 3. The summed E-state index contributed by atoms with van der Waals surface area (Å²) in [6.07, 6.45) is 2.15. The van der Waals surface area contributed by atoms with Crippen molar-refractivity contribution in [3.8, 4) is 5.75 Å². The summed E-state index contributed by atoms with van der Waals surface area (Å²) in [5.41, 5.74) is 0.963. The number of aliphatic hydroxyl groups is 1. The molecule has 4 nitrogen and oxygen atoms in total. The molecule has 1 atom stereocenters. The van der Waals surface area contributed by atoms with E-state index in [0.29, 0.717) is 17.0 Å². The first-order chi connectivity index (χ1) is 8.13. The molecular weight excluding hydrogens is 223 g/mol. The number of halogens is 1. The topological polar surface area (TPSA) is 47.3 Å². The van der Waals surface area contributed by atoms with Crippen LogP contribution in [0.25, 0.3) is 0 Å². The fraction of sp³-hybridized carbons (Fsp3) is 0.250. The summed E-state index contributed by atoms with van der Waals surface area (Å²) in [5.74, 6) is 0.0297. The van der Waals surface area contributed by atoms with Crippen molar-refractivity contribution in [1.29, 1.82) is 0 Å². The monoisotopic (exact) mass is 236 g/mol. The van der Waals surface area contributed by atoms with Crippen molar-refractivity contribution < 1.29 is 14.2 Å². The number of aryl methyl sites for hydroxylation is 1. The van der Waals surface area contributed by atoms with E-state index in [0.717, 1.165) is 0 Å². The van der Waals surface area contributed by atoms with Crippen LogP contribution in [0.3, 0.4) is 0 Å². The predicted octanol–water partition coefficient (Wildman–Crippen LogP) is 1.65. The van der Waals surface area contributed by atoms with Gasteiger partial charge in [-0.15, -0.1) is 0 Å². The third kappa shape index (κ3) is 2.14. The maximum absolute atomic E-state index is 13.2. The van der Waals surface area contributed by atoms with Gasteiger partial charge >= 0.3 is 0 Å². The zero-order chi connectivity index (χ0) is 12.4. The molecule has 0 fully saturated rings. The number of rotatable bonds is 3. The minimum atomic E-state index is -0.965. The lowest BCUT2D eigenvalue weighted by atomic mass is 10.1. The Morgan fingerprint density at radius 2 is 2.24 bits per heavy atom. The quantitative estimate of drug-likeness (QED) is 0.881. The van der Waals surface area contributed by atoms with Gasteiger partial charge in [-0.2, -0.15) is 0 Å². The molecule has 0 aliphatic carbocycles. The van der Waals surface area contributed by atoms with E-state index < -0.39 is 11.9 Å². The second kappa shape index (κ2) is 4.55. The number of methoxy groups -OCH3 is 1. The molecule has 0 amide bonds. The summed E-state index contributed by atoms with van der Waals surface area (Å²) in [5, 5.41) is 10.2. The van der Waals surface area contributed by atoms with E-state index in [1.165, 1.54) is 31.5 Å². The molecule has 0 radical (unpaired) electrons. The molecule has 0 spiro atoms. The van der Waals surface area contributed by atoms with Gasteiger partial charge in [0.05, 0.1) is 25.3 Å². The lowest BCUT2D eigenvalue weighted by molar-refractivity contribution is 0.205. The third-order valence-corrected chi connectivity index (χ3v) is 2.62. The lowest BCUT2D eigenvalue weighted by Gasteiger charge is -2.15. The largest absolute Gasteiger partial charge is 0.496 e. The Hall–Kier alpha value is -1.88. The fourth-order valence-corrected chi connectivity index (χ4v) is 1.71. The Morgan fingerprint density at radius 3 is 2.82 bits per heavy atom. The van der Waals surface area contributed by atoms with Gasteiger partial charge in [0.2, 0.25) is 0 Å². The van der Waals surface area contributed by atoms with E-state index >= 15 is 0 Å². The first kappa shape index (κ1) is 11.6. The molecule has 17 heavy (non-hydrogen) atoms. The van der Waals surface area contributed by atoms with E-state index in [1.807, 2.05) is 0 Å². The molecular formula is C12H13FN2O2. The van der Waals surface area contributed by atoms with E-state index in [2.05, 4.69) is 4.98 Å². The van der Waals surface area contributed by atoms with Crippen molar-refractivity contribution in [1.82, 2.24) is 9.55 Å². The first-order valence-electron chi connectivity index (χ1n) is 5.11. The normalized spacial score (nSPS) is 12.5. The molecule has 2 rings (SSSR count). The highest BCUT2D eigenvalue weighted by Crippen LogP contribution is 2.30. The Bertz CT molecular complexity index is 525. The number of aromatic nitrogens is 2. The molecule has 0 saturated heterocycles. The van der Waals surface area contributed by atoms with Crippen LogP contribution in [0.5, 0.6) is 5.75 Å². The lowest BCUT2D eigenvalue weighted by Crippen LogP contribution is -2.07. The summed E-state index contributed by atoms with van der Waals surface area (Å²) >= 11 is 0. The molecule has 1 N–H and O–H groups in total. The van der Waals surface area contributed by atoms with Gasteiger partial charge in [-0.1, -0.05) is 0 Å². The summed E-state index contributed by atoms with van der Waals surface area (Å²) in [7, 11) is 3.24. The van der Waals surface area contributed by atoms with Crippen LogP contribution in [0.4, 0.5) is 4.39 Å². The molecule has 2 aromatic rings. The van der Waals surface area contributed by atoms with Crippen molar-refractivity contribution in [3.63, 3.8) is 0 Å². The van der Waals surface area contributed by atoms with Crippen molar-refractivity contribution in [2.75, 3.05) is 7.11 Å². The predicted molar refractivity (Wildman–Crippen MR) is 60.2 cm³/mol. The van der Waals surface area contributed by atoms with Gasteiger partial charge in [-0.3, -0.25) is 0 Å². The molecule has 0 saturated carbocycles. The van der Waals surface area contributed by atoms with E-state index in [4.69, 9.17) is 4.74 Å². The Labute approximate surface area is 98.3 Å². The maximum atomic E-state index is 13.2. The minimum Gasteiger partial charge on any atom is -0.496 e. The molecule has 1 unspecified atom stereocenters. The maximum Gasteiger partial charge on any atom is 0.125 e. The van der Waals surface area contributed by atoms with Crippen molar-refractivity contribution in [2.45, 2.75) is 6.10 Å². The van der Waals surface area contributed by atoms with Crippen LogP contribution >= 0.6 is 0 Å². The van der Waals surface area contributed by atoms with Crippen LogP contribution in [-0.2, 0) is 7.05 Å². The van der Waals surface area contributed by atoms with E-state index in [9.17, 15) is 9.50 Å².